The molecule has 0 aliphatic heterocycles. The molecule has 0 radical (unpaired) electrons. The Kier molecular flexibility index (Phi) is 7.73. The number of nitrogens with one attached hydrogen (secondary N) is 1. The van der Waals surface area contributed by atoms with Crippen molar-refractivity contribution < 1.29 is 27.8 Å². The van der Waals surface area contributed by atoms with E-state index in [0.717, 1.165) is 5.56 Å². The molecule has 0 aliphatic rings. The first-order valence-corrected chi connectivity index (χ1v) is 7.05. The highest BCUT2D eigenvalue weighted by molar-refractivity contribution is 5.67. The van der Waals surface area contributed by atoms with Gasteiger partial charge in [0.05, 0.1) is 12.5 Å². The molecule has 0 spiro atoms. The Morgan fingerprint density at radius 3 is 2.50 bits per heavy atom. The van der Waals surface area contributed by atoms with Crippen LogP contribution in [0.2, 0.25) is 0 Å². The van der Waals surface area contributed by atoms with E-state index in [2.05, 4.69) is 5.32 Å². The van der Waals surface area contributed by atoms with Crippen LogP contribution in [0.5, 0.6) is 0 Å². The molecule has 1 aromatic rings. The van der Waals surface area contributed by atoms with E-state index in [1.165, 1.54) is 0 Å². The number of amides is 1. The number of hydrogen-bond donors (Lipinski definition) is 2. The summed E-state index contributed by atoms with van der Waals surface area (Å²) in [7, 11) is 0. The highest BCUT2D eigenvalue weighted by Gasteiger charge is 2.38. The van der Waals surface area contributed by atoms with Crippen LogP contribution in [-0.2, 0) is 11.3 Å². The van der Waals surface area contributed by atoms with E-state index in [1.807, 2.05) is 30.3 Å². The average molecular weight is 319 g/mol. The van der Waals surface area contributed by atoms with E-state index in [9.17, 15) is 18.0 Å². The summed E-state index contributed by atoms with van der Waals surface area (Å²) in [5.74, 6) is -1.70. The van der Waals surface area contributed by atoms with Crippen molar-refractivity contribution >= 4 is 6.09 Å². The maximum Gasteiger partial charge on any atom is 0.407 e. The molecule has 1 amide bonds. The second-order valence-corrected chi connectivity index (χ2v) is 4.91. The number of benzene rings is 1. The molecule has 0 aliphatic carbocycles. The van der Waals surface area contributed by atoms with Crippen LogP contribution in [0.25, 0.3) is 0 Å². The first-order valence-electron chi connectivity index (χ1n) is 7.05. The van der Waals surface area contributed by atoms with Gasteiger partial charge in [-0.3, -0.25) is 0 Å². The number of carbonyl (C=O) groups is 1. The summed E-state index contributed by atoms with van der Waals surface area (Å²) in [6.45, 7) is -0.521. The Hall–Kier alpha value is -1.76. The summed E-state index contributed by atoms with van der Waals surface area (Å²) in [6, 6.07) is 9.15. The molecule has 124 valence electrons. The van der Waals surface area contributed by atoms with E-state index in [1.54, 1.807) is 0 Å². The van der Waals surface area contributed by atoms with Gasteiger partial charge in [0.25, 0.3) is 0 Å². The number of unbranched alkanes of at least 4 members (excludes halogenated alkanes) is 1. The van der Waals surface area contributed by atoms with Crippen LogP contribution in [0.3, 0.4) is 0 Å². The summed E-state index contributed by atoms with van der Waals surface area (Å²) >= 11 is 0. The summed E-state index contributed by atoms with van der Waals surface area (Å²) in [5.41, 5.74) is 0.855. The molecule has 1 atom stereocenters. The van der Waals surface area contributed by atoms with E-state index in [4.69, 9.17) is 9.84 Å². The summed E-state index contributed by atoms with van der Waals surface area (Å²) in [5, 5.41) is 11.2. The predicted octanol–water partition coefficient (Wildman–Crippen LogP) is 3.25. The first kappa shape index (κ1) is 18.3. The van der Waals surface area contributed by atoms with Crippen molar-refractivity contribution in [2.45, 2.75) is 32.0 Å². The van der Waals surface area contributed by atoms with Gasteiger partial charge >= 0.3 is 12.3 Å². The number of rotatable bonds is 8. The van der Waals surface area contributed by atoms with E-state index >= 15 is 0 Å². The van der Waals surface area contributed by atoms with Gasteiger partial charge in [-0.25, -0.2) is 4.79 Å². The molecule has 0 heterocycles. The molecule has 22 heavy (non-hydrogen) atoms. The Balaban J connectivity index is 2.10. The molecule has 4 nitrogen and oxygen atoms in total. The van der Waals surface area contributed by atoms with Gasteiger partial charge in [0.1, 0.15) is 6.61 Å². The molecule has 0 fully saturated rings. The lowest BCUT2D eigenvalue weighted by molar-refractivity contribution is -0.185. The largest absolute Gasteiger partial charge is 0.445 e. The number of hydrogen-bond acceptors (Lipinski definition) is 3. The van der Waals surface area contributed by atoms with Crippen LogP contribution in [-0.4, -0.2) is 30.5 Å². The van der Waals surface area contributed by atoms with Crippen LogP contribution >= 0.6 is 0 Å². The molecule has 0 saturated carbocycles. The summed E-state index contributed by atoms with van der Waals surface area (Å²) < 4.78 is 42.1. The minimum absolute atomic E-state index is 0.146. The monoisotopic (exact) mass is 319 g/mol. The summed E-state index contributed by atoms with van der Waals surface area (Å²) in [4.78, 5) is 11.4. The minimum atomic E-state index is -4.38. The average Bonchev–Trinajstić information content (AvgIpc) is 2.48. The molecule has 0 unspecified atom stereocenters. The van der Waals surface area contributed by atoms with Crippen molar-refractivity contribution in [3.63, 3.8) is 0 Å². The van der Waals surface area contributed by atoms with Gasteiger partial charge < -0.3 is 15.2 Å². The molecule has 0 aromatic heterocycles. The van der Waals surface area contributed by atoms with Crippen LogP contribution in [0, 0.1) is 5.92 Å². The molecule has 1 aromatic carbocycles. The van der Waals surface area contributed by atoms with E-state index in [0.29, 0.717) is 6.42 Å². The van der Waals surface area contributed by atoms with Crippen molar-refractivity contribution in [1.29, 1.82) is 0 Å². The van der Waals surface area contributed by atoms with Crippen molar-refractivity contribution in [2.24, 2.45) is 5.92 Å². The molecular formula is C15H20F3NO3. The third-order valence-corrected chi connectivity index (χ3v) is 3.14. The molecule has 0 saturated heterocycles. The number of alkyl halides is 3. The quantitative estimate of drug-likeness (QED) is 0.723. The van der Waals surface area contributed by atoms with Gasteiger partial charge in [-0.05, 0) is 18.4 Å². The van der Waals surface area contributed by atoms with Crippen molar-refractivity contribution in [2.75, 3.05) is 13.2 Å². The highest BCUT2D eigenvalue weighted by Crippen LogP contribution is 2.29. The number of halogens is 3. The topological polar surface area (TPSA) is 58.6 Å². The number of aliphatic hydroxyl groups excluding tert-OH is 1. The lowest BCUT2D eigenvalue weighted by Gasteiger charge is -2.17. The second kappa shape index (κ2) is 9.30. The molecule has 0 bridgehead atoms. The maximum atomic E-state index is 12.4. The molecule has 1 rings (SSSR count). The Morgan fingerprint density at radius 2 is 1.91 bits per heavy atom. The van der Waals surface area contributed by atoms with Gasteiger partial charge in [0, 0.05) is 6.54 Å². The lowest BCUT2D eigenvalue weighted by atomic mass is 10.0. The smallest absolute Gasteiger partial charge is 0.407 e. The Labute approximate surface area is 127 Å². The molecular weight excluding hydrogens is 299 g/mol. The molecule has 7 heteroatoms. The van der Waals surface area contributed by atoms with Gasteiger partial charge in [-0.2, -0.15) is 13.2 Å². The normalized spacial score (nSPS) is 12.7. The Bertz CT molecular complexity index is 437. The fourth-order valence-electron chi connectivity index (χ4n) is 1.84. The molecule has 2 N–H and O–H groups in total. The van der Waals surface area contributed by atoms with Crippen LogP contribution in [0.15, 0.2) is 30.3 Å². The standard InChI is InChI=1S/C15H20F3NO3/c16-15(17,18)13(10-20)8-4-5-9-19-14(21)22-11-12-6-2-1-3-7-12/h1-3,6-7,13,20H,4-5,8-11H2,(H,19,21)/t13-/m0/s1. The predicted molar refractivity (Wildman–Crippen MR) is 75.1 cm³/mol. The zero-order chi connectivity index (χ0) is 16.4. The minimum Gasteiger partial charge on any atom is -0.445 e. The van der Waals surface area contributed by atoms with Crippen LogP contribution in [0.1, 0.15) is 24.8 Å². The van der Waals surface area contributed by atoms with Crippen molar-refractivity contribution in [3.05, 3.63) is 35.9 Å². The third kappa shape index (κ3) is 7.31. The van der Waals surface area contributed by atoms with Crippen LogP contribution in [0.4, 0.5) is 18.0 Å². The zero-order valence-electron chi connectivity index (χ0n) is 12.1. The lowest BCUT2D eigenvalue weighted by Crippen LogP contribution is -2.27. The van der Waals surface area contributed by atoms with Crippen molar-refractivity contribution in [1.82, 2.24) is 5.32 Å². The fraction of sp³-hybridized carbons (Fsp3) is 0.533. The van der Waals surface area contributed by atoms with Crippen LogP contribution < -0.4 is 5.32 Å². The number of aliphatic hydroxyl groups is 1. The SMILES string of the molecule is O=C(NCCCC[C@@H](CO)C(F)(F)F)OCc1ccccc1. The first-order chi connectivity index (χ1) is 10.4. The third-order valence-electron chi connectivity index (χ3n) is 3.14. The second-order valence-electron chi connectivity index (χ2n) is 4.91. The van der Waals surface area contributed by atoms with E-state index < -0.39 is 24.8 Å². The zero-order valence-corrected chi connectivity index (χ0v) is 12.1. The fourth-order valence-corrected chi connectivity index (χ4v) is 1.84. The Morgan fingerprint density at radius 1 is 1.23 bits per heavy atom. The summed E-state index contributed by atoms with van der Waals surface area (Å²) in [6.07, 6.45) is -4.47. The van der Waals surface area contributed by atoms with E-state index in [-0.39, 0.29) is 26.0 Å². The van der Waals surface area contributed by atoms with Gasteiger partial charge in [0.2, 0.25) is 0 Å². The van der Waals surface area contributed by atoms with Gasteiger partial charge in [0.15, 0.2) is 0 Å². The van der Waals surface area contributed by atoms with Gasteiger partial charge in [-0.15, -0.1) is 0 Å². The van der Waals surface area contributed by atoms with Crippen molar-refractivity contribution in [3.8, 4) is 0 Å². The highest BCUT2D eigenvalue weighted by atomic mass is 19.4. The number of ether oxygens (including phenoxy) is 1. The number of alkyl carbamates (subject to hydrolysis) is 1. The maximum absolute atomic E-state index is 12.4. The number of carbonyl (C=O) groups excluding carboxylic acids is 1. The van der Waals surface area contributed by atoms with Gasteiger partial charge in [-0.1, -0.05) is 36.8 Å².